The summed E-state index contributed by atoms with van der Waals surface area (Å²) in [5, 5.41) is 83.1. The van der Waals surface area contributed by atoms with E-state index in [-0.39, 0.29) is 173 Å². The Morgan fingerprint density at radius 3 is 2.00 bits per heavy atom. The monoisotopic (exact) mass is 1650 g/mol. The molecule has 0 saturated carbocycles. The first-order chi connectivity index (χ1) is 51.2. The number of aromatic nitrogens is 1. The number of nitrogens with one attached hydrogen (secondary N) is 6. The summed E-state index contributed by atoms with van der Waals surface area (Å²) in [4.78, 5) is 114. The number of hydrogen-bond acceptors (Lipinski definition) is 21. The van der Waals surface area contributed by atoms with Crippen molar-refractivity contribution < 1.29 is 124 Å². The first-order valence-electron chi connectivity index (χ1n) is 36.5. The molecule has 5 amide bonds. The number of aliphatic hydroxyl groups is 2. The van der Waals surface area contributed by atoms with Crippen molar-refractivity contribution in [3.05, 3.63) is 138 Å². The molecule has 3 aliphatic heterocycles. The number of Topliss-reactive ketones (excluding diaryl/α,β-unsaturated/α-hetero) is 3. The number of rotatable bonds is 48. The Labute approximate surface area is 677 Å². The van der Waals surface area contributed by atoms with Crippen LogP contribution in [0.3, 0.4) is 0 Å². The number of nitrogens with two attached hydrogens (primary N) is 2. The molecule has 0 bridgehead atoms. The largest absolute Gasteiger partial charge is 3.00 e. The van der Waals surface area contributed by atoms with E-state index in [1.54, 1.807) is 65.6 Å². The van der Waals surface area contributed by atoms with Crippen LogP contribution in [0.5, 0.6) is 0 Å². The summed E-state index contributed by atoms with van der Waals surface area (Å²) in [7, 11) is 0. The molecule has 8 unspecified atom stereocenters. The average Bonchev–Trinajstić information content (AvgIpc) is 1.78. The Morgan fingerprint density at radius 1 is 0.748 bits per heavy atom. The van der Waals surface area contributed by atoms with Gasteiger partial charge in [0, 0.05) is 130 Å². The third-order valence-electron chi connectivity index (χ3n) is 18.5. The van der Waals surface area contributed by atoms with E-state index in [2.05, 4.69) is 63.5 Å². The maximum absolute atomic E-state index is 15.0. The quantitative estimate of drug-likeness (QED) is 0.00290. The average molecular weight is 1650 g/mol. The normalized spacial score (nSPS) is 17.0. The van der Waals surface area contributed by atoms with Gasteiger partial charge in [0.15, 0.2) is 16.9 Å². The fraction of sp³-hybridized carbons (Fsp3) is 0.526. The van der Waals surface area contributed by atoms with Crippen molar-refractivity contribution in [3.63, 3.8) is 0 Å². The standard InChI is InChI=1S/C76H103N13O15S2.Eu/c77-74(78)80-36-15-18-56(72(98)82-57-33-29-54(30-34-57)44-62(91)21-8-4-13-35-79-68(93)24-9-2-1-7-19-61(90)20-10-11-23-67-71-64(51-106-67)84-75(100)86-71)46-66(92)65-22-12-14-37-89(65)73(99)63(45-53-16-5-3-6-17-53)85-76(105)83-58-31-27-52(28-32-58)25-26-55-42-59(47-87(38-40-103-101)49-69(94)95)81-60(43-55)48-88(39-41-104-102)50-70(96)97;/h3,5-6,16-17,27-34,40-43,56,63-65,67,69-71,94,96,101-102H,1-2,4,7-15,18-24,35-39,44-51H2,(H,79,93)(H,82,98)(H4,77,78,80)(H2,83,85,105)(H2,84,86,100);/q-4;+3/p-2. The minimum Gasteiger partial charge on any atom is -0.830 e. The molecule has 8 atom stereocenters. The zero-order valence-corrected chi connectivity index (χ0v) is 64.4. The number of aliphatic imine (C=N–C) groups is 1. The topological polar surface area (TPSA) is 430 Å². The van der Waals surface area contributed by atoms with Crippen LogP contribution in [0, 0.1) is 80.3 Å². The van der Waals surface area contributed by atoms with Crippen molar-refractivity contribution in [2.75, 3.05) is 62.2 Å². The molecule has 4 aromatic rings. The summed E-state index contributed by atoms with van der Waals surface area (Å²) in [6, 6.07) is 25.2. The van der Waals surface area contributed by atoms with Gasteiger partial charge in [-0.3, -0.25) is 38.7 Å². The summed E-state index contributed by atoms with van der Waals surface area (Å²) in [6.45, 7) is 1.85. The molecule has 582 valence electrons. The number of hydrogen-bond donors (Lipinski definition) is 10. The van der Waals surface area contributed by atoms with Gasteiger partial charge in [0.05, 0.1) is 29.5 Å². The number of amides is 5. The third kappa shape index (κ3) is 34.2. The maximum Gasteiger partial charge on any atom is 3.00 e. The fourth-order valence-corrected chi connectivity index (χ4v) is 15.0. The van der Waals surface area contributed by atoms with E-state index in [9.17, 15) is 64.5 Å². The number of pyridine rings is 1. The van der Waals surface area contributed by atoms with E-state index >= 15 is 0 Å². The minimum atomic E-state index is -2.00. The molecule has 0 aliphatic carbocycles. The predicted octanol–water partition coefficient (Wildman–Crippen LogP) is 2.32. The van der Waals surface area contributed by atoms with E-state index in [0.29, 0.717) is 116 Å². The van der Waals surface area contributed by atoms with Crippen molar-refractivity contribution in [2.45, 2.75) is 196 Å². The molecule has 3 fully saturated rings. The second-order valence-corrected chi connectivity index (χ2v) is 28.8. The van der Waals surface area contributed by atoms with E-state index < -0.39 is 36.5 Å². The maximum atomic E-state index is 15.0. The summed E-state index contributed by atoms with van der Waals surface area (Å²) < 4.78 is 0. The molecule has 3 aliphatic rings. The van der Waals surface area contributed by atoms with Crippen LogP contribution in [-0.4, -0.2) is 176 Å². The molecular weight excluding hydrogens is 1550 g/mol. The number of thioether (sulfide) groups is 1. The number of unbranched alkanes of at least 4 members (excludes halogenated alkanes) is 6. The number of ketones is 3. The van der Waals surface area contributed by atoms with Gasteiger partial charge in [-0.05, 0) is 155 Å². The van der Waals surface area contributed by atoms with E-state index in [1.165, 1.54) is 9.80 Å². The Kier molecular flexibility index (Phi) is 41.5. The van der Waals surface area contributed by atoms with Gasteiger partial charge in [-0.2, -0.15) is 11.8 Å². The number of carbonyl (C=O) groups excluding carboxylic acids is 7. The zero-order valence-electron chi connectivity index (χ0n) is 60.3. The van der Waals surface area contributed by atoms with E-state index in [0.717, 1.165) is 87.9 Å². The van der Waals surface area contributed by atoms with Gasteiger partial charge in [0.2, 0.25) is 17.7 Å². The number of likely N-dealkylation sites (tertiary alicyclic amines) is 1. The molecular formula is C76H101EuN13O15S2-3. The number of aliphatic hydroxyl groups excluding tert-OH is 2. The SMILES string of the molecule is NC(N)=NCCCC(CC(=O)C1CCCCN1C(=O)C(Cc1ccccc1)NC(=S)Nc1ccc(C#Cc2cc(CN(C[CH-]O[O-])CC([O-])O)nc(CN(C[CH-]O[O-])CC([O-])O)c2)cc1)C(=O)Nc1ccc(CC(=O)CCCCCNC(=O)CCCCCCC(=O)CCCCC2SCC3NC(=O)NC32)cc1.[Eu+3]. The number of carbonyl (C=O) groups is 7. The number of benzene rings is 3. The van der Waals surface area contributed by atoms with Crippen LogP contribution in [-0.2, 0) is 64.5 Å². The van der Waals surface area contributed by atoms with Crippen molar-refractivity contribution in [3.8, 4) is 11.8 Å². The van der Waals surface area contributed by atoms with Gasteiger partial charge in [-0.15, -0.1) is 13.1 Å². The van der Waals surface area contributed by atoms with Gasteiger partial charge in [-0.25, -0.2) is 18.0 Å². The number of anilines is 2. The molecule has 0 radical (unpaired) electrons. The molecule has 3 aromatic carbocycles. The molecule has 12 N–H and O–H groups in total. The minimum absolute atomic E-state index is 0. The summed E-state index contributed by atoms with van der Waals surface area (Å²) in [5.41, 5.74) is 15.7. The Morgan fingerprint density at radius 2 is 1.36 bits per heavy atom. The van der Waals surface area contributed by atoms with Crippen LogP contribution in [0.1, 0.15) is 162 Å². The predicted molar refractivity (Wildman–Crippen MR) is 398 cm³/mol. The zero-order chi connectivity index (χ0) is 76.0. The Balaban J connectivity index is 0.0000179. The number of piperidine rings is 1. The van der Waals surface area contributed by atoms with Gasteiger partial charge in [-0.1, -0.05) is 80.0 Å². The van der Waals surface area contributed by atoms with Crippen LogP contribution >= 0.6 is 24.0 Å². The van der Waals surface area contributed by atoms with Crippen molar-refractivity contribution in [1.82, 2.24) is 41.0 Å². The molecule has 7 rings (SSSR count). The van der Waals surface area contributed by atoms with Gasteiger partial charge in [0.1, 0.15) is 17.6 Å². The second-order valence-electron chi connectivity index (χ2n) is 27.1. The molecule has 28 nitrogen and oxygen atoms in total. The molecule has 1 aromatic heterocycles. The number of thiocarbonyl (C=S) groups is 1. The van der Waals surface area contributed by atoms with Crippen LogP contribution in [0.4, 0.5) is 16.2 Å². The first-order valence-corrected chi connectivity index (χ1v) is 38.0. The fourth-order valence-electron chi connectivity index (χ4n) is 13.2. The van der Waals surface area contributed by atoms with Gasteiger partial charge in [0.25, 0.3) is 0 Å². The Hall–Kier alpha value is -6.45. The number of fused-ring (bicyclic) bond motifs is 1. The van der Waals surface area contributed by atoms with Crippen molar-refractivity contribution >= 4 is 87.5 Å². The van der Waals surface area contributed by atoms with Crippen LogP contribution in [0.2, 0.25) is 0 Å². The van der Waals surface area contributed by atoms with Crippen molar-refractivity contribution in [2.24, 2.45) is 22.4 Å². The molecule has 3 saturated heterocycles. The molecule has 4 heterocycles. The second kappa shape index (κ2) is 49.7. The van der Waals surface area contributed by atoms with Crippen molar-refractivity contribution in [1.29, 1.82) is 0 Å². The van der Waals surface area contributed by atoms with Crippen LogP contribution in [0.25, 0.3) is 0 Å². The number of nitrogens with zero attached hydrogens (tertiary/aromatic N) is 5. The van der Waals surface area contributed by atoms with Crippen LogP contribution in [0.15, 0.2) is 96.0 Å². The number of guanidine groups is 1. The molecule has 107 heavy (non-hydrogen) atoms. The molecule has 0 spiro atoms. The number of urea groups is 1. The van der Waals surface area contributed by atoms with E-state index in [4.69, 9.17) is 23.7 Å². The third-order valence-corrected chi connectivity index (χ3v) is 20.2. The molecule has 31 heteroatoms. The van der Waals surface area contributed by atoms with E-state index in [1.807, 2.05) is 42.1 Å². The first kappa shape index (κ1) is 89.4. The summed E-state index contributed by atoms with van der Waals surface area (Å²) >= 11 is 7.74. The smallest absolute Gasteiger partial charge is 0.830 e. The summed E-state index contributed by atoms with van der Waals surface area (Å²) in [6.07, 6.45) is 9.13. The van der Waals surface area contributed by atoms with Gasteiger partial charge >= 0.3 is 55.4 Å². The van der Waals surface area contributed by atoms with Crippen LogP contribution < -0.4 is 64.1 Å². The van der Waals surface area contributed by atoms with Gasteiger partial charge < -0.3 is 98.8 Å². The summed E-state index contributed by atoms with van der Waals surface area (Å²) in [5.74, 6) is 5.58. The Bertz CT molecular complexity index is 3490.